The SMILES string of the molecule is CCOC(=O)C1=C(C)NC(CCC(OC=O)c2cccnc2)=C(C(=O)OCC)C1c1cccc(SC)c1. The highest BCUT2D eigenvalue weighted by atomic mass is 32.2. The molecule has 2 atom stereocenters. The Hall–Kier alpha value is -3.59. The van der Waals surface area contributed by atoms with E-state index < -0.39 is 24.0 Å². The molecule has 37 heavy (non-hydrogen) atoms. The van der Waals surface area contributed by atoms with Gasteiger partial charge in [-0.1, -0.05) is 18.2 Å². The average Bonchev–Trinajstić information content (AvgIpc) is 2.91. The second kappa shape index (κ2) is 13.6. The van der Waals surface area contributed by atoms with Gasteiger partial charge in [-0.05, 0) is 63.6 Å². The highest BCUT2D eigenvalue weighted by Crippen LogP contribution is 2.41. The third kappa shape index (κ3) is 6.80. The number of hydrogen-bond acceptors (Lipinski definition) is 9. The van der Waals surface area contributed by atoms with Crippen molar-refractivity contribution in [2.24, 2.45) is 0 Å². The maximum atomic E-state index is 13.4. The summed E-state index contributed by atoms with van der Waals surface area (Å²) >= 11 is 1.57. The van der Waals surface area contributed by atoms with Gasteiger partial charge in [0.05, 0.1) is 30.3 Å². The first-order valence-corrected chi connectivity index (χ1v) is 13.4. The molecule has 0 saturated heterocycles. The van der Waals surface area contributed by atoms with Crippen molar-refractivity contribution >= 4 is 30.2 Å². The molecular formula is C28H32N2O6S. The minimum absolute atomic E-state index is 0.178. The van der Waals surface area contributed by atoms with Crippen molar-refractivity contribution in [3.63, 3.8) is 0 Å². The topological polar surface area (TPSA) is 104 Å². The first-order chi connectivity index (χ1) is 17.9. The number of benzene rings is 1. The van der Waals surface area contributed by atoms with Crippen molar-refractivity contribution in [2.75, 3.05) is 19.5 Å². The van der Waals surface area contributed by atoms with Crippen LogP contribution in [0.3, 0.4) is 0 Å². The number of nitrogens with zero attached hydrogens (tertiary/aromatic N) is 1. The van der Waals surface area contributed by atoms with Gasteiger partial charge >= 0.3 is 11.9 Å². The number of rotatable bonds is 12. The van der Waals surface area contributed by atoms with E-state index in [-0.39, 0.29) is 13.2 Å². The summed E-state index contributed by atoms with van der Waals surface area (Å²) in [6.45, 7) is 6.06. The zero-order chi connectivity index (χ0) is 26.8. The average molecular weight is 525 g/mol. The van der Waals surface area contributed by atoms with E-state index in [4.69, 9.17) is 14.2 Å². The van der Waals surface area contributed by atoms with Crippen LogP contribution in [0, 0.1) is 0 Å². The first-order valence-electron chi connectivity index (χ1n) is 12.1. The van der Waals surface area contributed by atoms with E-state index in [0.717, 1.165) is 16.0 Å². The number of nitrogens with one attached hydrogen (secondary N) is 1. The zero-order valence-electron chi connectivity index (χ0n) is 21.5. The van der Waals surface area contributed by atoms with Crippen molar-refractivity contribution < 1.29 is 28.6 Å². The van der Waals surface area contributed by atoms with Gasteiger partial charge in [-0.3, -0.25) is 9.78 Å². The molecule has 3 rings (SSSR count). The predicted molar refractivity (Wildman–Crippen MR) is 140 cm³/mol. The Labute approximate surface area is 221 Å². The fourth-order valence-electron chi connectivity index (χ4n) is 4.40. The number of pyridine rings is 1. The molecule has 1 aliphatic heterocycles. The number of esters is 2. The Bertz CT molecular complexity index is 1180. The molecule has 2 aromatic rings. The van der Waals surface area contributed by atoms with E-state index in [9.17, 15) is 14.4 Å². The molecule has 0 fully saturated rings. The van der Waals surface area contributed by atoms with E-state index in [0.29, 0.717) is 41.9 Å². The van der Waals surface area contributed by atoms with Gasteiger partial charge in [-0.2, -0.15) is 0 Å². The molecule has 9 heteroatoms. The number of ether oxygens (including phenoxy) is 3. The van der Waals surface area contributed by atoms with Crippen LogP contribution >= 0.6 is 11.8 Å². The van der Waals surface area contributed by atoms with Gasteiger partial charge in [0.15, 0.2) is 0 Å². The minimum Gasteiger partial charge on any atom is -0.463 e. The lowest BCUT2D eigenvalue weighted by Gasteiger charge is -2.32. The summed E-state index contributed by atoms with van der Waals surface area (Å²) in [4.78, 5) is 42.9. The Kier molecular flexibility index (Phi) is 10.3. The van der Waals surface area contributed by atoms with E-state index in [1.165, 1.54) is 0 Å². The van der Waals surface area contributed by atoms with Gasteiger partial charge in [0.25, 0.3) is 6.47 Å². The molecule has 0 bridgehead atoms. The monoisotopic (exact) mass is 524 g/mol. The van der Waals surface area contributed by atoms with E-state index in [1.807, 2.05) is 36.6 Å². The lowest BCUT2D eigenvalue weighted by molar-refractivity contribution is -0.140. The Morgan fingerprint density at radius 3 is 2.46 bits per heavy atom. The van der Waals surface area contributed by atoms with Gasteiger partial charge in [-0.15, -0.1) is 11.8 Å². The largest absolute Gasteiger partial charge is 0.463 e. The number of dihydropyridines is 1. The second-order valence-electron chi connectivity index (χ2n) is 8.25. The van der Waals surface area contributed by atoms with Crippen molar-refractivity contribution in [1.82, 2.24) is 10.3 Å². The molecule has 0 saturated carbocycles. The summed E-state index contributed by atoms with van der Waals surface area (Å²) in [6, 6.07) is 11.3. The fraction of sp³-hybridized carbons (Fsp3) is 0.357. The summed E-state index contributed by atoms with van der Waals surface area (Å²) in [6.07, 6.45) is 5.43. The quantitative estimate of drug-likeness (QED) is 0.181. The second-order valence-corrected chi connectivity index (χ2v) is 9.13. The maximum absolute atomic E-state index is 13.4. The molecule has 2 heterocycles. The molecule has 1 aliphatic rings. The molecule has 0 radical (unpaired) electrons. The normalized spacial score (nSPS) is 16.1. The predicted octanol–water partition coefficient (Wildman–Crippen LogP) is 4.84. The molecule has 8 nitrogen and oxygen atoms in total. The molecule has 0 aliphatic carbocycles. The van der Waals surface area contributed by atoms with Crippen molar-refractivity contribution in [2.45, 2.75) is 50.5 Å². The number of thioether (sulfide) groups is 1. The molecule has 0 amide bonds. The van der Waals surface area contributed by atoms with Crippen LogP contribution in [0.25, 0.3) is 0 Å². The van der Waals surface area contributed by atoms with Gasteiger partial charge in [0.1, 0.15) is 6.10 Å². The van der Waals surface area contributed by atoms with Crippen LogP contribution in [-0.4, -0.2) is 42.9 Å². The lowest BCUT2D eigenvalue weighted by atomic mass is 9.79. The summed E-state index contributed by atoms with van der Waals surface area (Å²) in [5.74, 6) is -1.70. The van der Waals surface area contributed by atoms with Crippen LogP contribution in [0.1, 0.15) is 56.8 Å². The van der Waals surface area contributed by atoms with Crippen molar-refractivity contribution in [3.8, 4) is 0 Å². The van der Waals surface area contributed by atoms with Gasteiger partial charge < -0.3 is 19.5 Å². The van der Waals surface area contributed by atoms with Crippen LogP contribution in [0.4, 0.5) is 0 Å². The summed E-state index contributed by atoms with van der Waals surface area (Å²) in [7, 11) is 0. The van der Waals surface area contributed by atoms with Crippen LogP contribution < -0.4 is 5.32 Å². The molecule has 1 N–H and O–H groups in total. The third-order valence-corrected chi connectivity index (χ3v) is 6.72. The molecule has 0 spiro atoms. The van der Waals surface area contributed by atoms with E-state index in [2.05, 4.69) is 10.3 Å². The number of allylic oxidation sites excluding steroid dienone is 2. The fourth-order valence-corrected chi connectivity index (χ4v) is 4.87. The van der Waals surface area contributed by atoms with Crippen LogP contribution in [-0.2, 0) is 28.6 Å². The van der Waals surface area contributed by atoms with Gasteiger partial charge in [-0.25, -0.2) is 9.59 Å². The van der Waals surface area contributed by atoms with Crippen LogP contribution in [0.5, 0.6) is 0 Å². The smallest absolute Gasteiger partial charge is 0.336 e. The first kappa shape index (κ1) is 28.0. The van der Waals surface area contributed by atoms with E-state index in [1.54, 1.807) is 51.0 Å². The standard InChI is InChI=1S/C28H32N2O6S/c1-5-34-27(32)24-18(3)30-22(12-13-23(36-17-31)20-10-8-14-29-16-20)26(28(33)35-6-2)25(24)19-9-7-11-21(15-19)37-4/h7-11,14-17,23,25,30H,5-6,12-13H2,1-4H3. The number of aromatic nitrogens is 1. The molecule has 1 aromatic heterocycles. The Morgan fingerprint density at radius 2 is 1.84 bits per heavy atom. The Balaban J connectivity index is 2.12. The van der Waals surface area contributed by atoms with Crippen LogP contribution in [0.2, 0.25) is 0 Å². The lowest BCUT2D eigenvalue weighted by Crippen LogP contribution is -2.33. The van der Waals surface area contributed by atoms with Gasteiger partial charge in [0.2, 0.25) is 0 Å². The van der Waals surface area contributed by atoms with Gasteiger partial charge in [0, 0.05) is 34.2 Å². The molecular weight excluding hydrogens is 492 g/mol. The third-order valence-electron chi connectivity index (χ3n) is 6.00. The number of carbonyl (C=O) groups excluding carboxylic acids is 3. The zero-order valence-corrected chi connectivity index (χ0v) is 22.3. The number of carbonyl (C=O) groups is 3. The molecule has 1 aromatic carbocycles. The Morgan fingerprint density at radius 1 is 1.11 bits per heavy atom. The summed E-state index contributed by atoms with van der Waals surface area (Å²) < 4.78 is 16.2. The summed E-state index contributed by atoms with van der Waals surface area (Å²) in [5, 5.41) is 3.27. The summed E-state index contributed by atoms with van der Waals surface area (Å²) in [5.41, 5.74) is 3.42. The highest BCUT2D eigenvalue weighted by molar-refractivity contribution is 7.98. The van der Waals surface area contributed by atoms with Crippen molar-refractivity contribution in [3.05, 3.63) is 82.5 Å². The molecule has 196 valence electrons. The van der Waals surface area contributed by atoms with Crippen LogP contribution in [0.15, 0.2) is 76.2 Å². The van der Waals surface area contributed by atoms with Crippen molar-refractivity contribution in [1.29, 1.82) is 0 Å². The van der Waals surface area contributed by atoms with E-state index >= 15 is 0 Å². The maximum Gasteiger partial charge on any atom is 0.336 e. The highest BCUT2D eigenvalue weighted by Gasteiger charge is 2.39. The minimum atomic E-state index is -0.690. The number of hydrogen-bond donors (Lipinski definition) is 1. The molecule has 2 unspecified atom stereocenters.